The molecular formula is C13H15ClN4O2. The highest BCUT2D eigenvalue weighted by molar-refractivity contribution is 6.31. The van der Waals surface area contributed by atoms with Gasteiger partial charge in [0.05, 0.1) is 31.5 Å². The van der Waals surface area contributed by atoms with Gasteiger partial charge in [-0.15, -0.1) is 0 Å². The second-order valence-electron chi connectivity index (χ2n) is 3.93. The molecule has 106 valence electrons. The summed E-state index contributed by atoms with van der Waals surface area (Å²) in [4.78, 5) is 12.6. The standard InChI is InChI=1S/C13H15ClN4O2/c1-15-11(8-4-5-16-6-9(8)14)12-13(20-3)18-10(19-2)7-17-12/h4-7,11,15H,1-3H3. The van der Waals surface area contributed by atoms with Gasteiger partial charge in [0.2, 0.25) is 11.8 Å². The maximum Gasteiger partial charge on any atom is 0.240 e. The van der Waals surface area contributed by atoms with Gasteiger partial charge in [-0.05, 0) is 18.7 Å². The summed E-state index contributed by atoms with van der Waals surface area (Å²) in [7, 11) is 4.87. The van der Waals surface area contributed by atoms with E-state index >= 15 is 0 Å². The van der Waals surface area contributed by atoms with Gasteiger partial charge in [0.25, 0.3) is 0 Å². The van der Waals surface area contributed by atoms with Crippen molar-refractivity contribution in [1.82, 2.24) is 20.3 Å². The molecule has 1 unspecified atom stereocenters. The Kier molecular flexibility index (Phi) is 4.70. The zero-order valence-electron chi connectivity index (χ0n) is 11.4. The van der Waals surface area contributed by atoms with Crippen LogP contribution in [0.25, 0.3) is 0 Å². The number of nitrogens with zero attached hydrogens (tertiary/aromatic N) is 3. The lowest BCUT2D eigenvalue weighted by molar-refractivity contribution is 0.353. The minimum absolute atomic E-state index is 0.251. The molecule has 1 N–H and O–H groups in total. The van der Waals surface area contributed by atoms with E-state index in [4.69, 9.17) is 21.1 Å². The van der Waals surface area contributed by atoms with Crippen LogP contribution < -0.4 is 14.8 Å². The van der Waals surface area contributed by atoms with E-state index in [2.05, 4.69) is 20.3 Å². The third-order valence-electron chi connectivity index (χ3n) is 2.82. The van der Waals surface area contributed by atoms with Crippen LogP contribution in [0.1, 0.15) is 17.3 Å². The van der Waals surface area contributed by atoms with Crippen molar-refractivity contribution in [2.24, 2.45) is 0 Å². The van der Waals surface area contributed by atoms with E-state index in [1.54, 1.807) is 12.4 Å². The first-order valence-corrected chi connectivity index (χ1v) is 6.30. The Hall–Kier alpha value is -1.92. The van der Waals surface area contributed by atoms with Crippen molar-refractivity contribution in [1.29, 1.82) is 0 Å². The first-order chi connectivity index (χ1) is 9.71. The topological polar surface area (TPSA) is 69.2 Å². The predicted molar refractivity (Wildman–Crippen MR) is 75.3 cm³/mol. The molecule has 0 saturated heterocycles. The Balaban J connectivity index is 2.49. The molecule has 0 amide bonds. The second-order valence-corrected chi connectivity index (χ2v) is 4.33. The van der Waals surface area contributed by atoms with Gasteiger partial charge in [-0.25, -0.2) is 4.98 Å². The summed E-state index contributed by atoms with van der Waals surface area (Å²) < 4.78 is 10.3. The van der Waals surface area contributed by atoms with E-state index in [1.165, 1.54) is 20.4 Å². The number of nitrogens with one attached hydrogen (secondary N) is 1. The molecule has 0 bridgehead atoms. The molecule has 20 heavy (non-hydrogen) atoms. The lowest BCUT2D eigenvalue weighted by atomic mass is 10.1. The Morgan fingerprint density at radius 2 is 2.05 bits per heavy atom. The van der Waals surface area contributed by atoms with Gasteiger partial charge in [-0.3, -0.25) is 4.98 Å². The van der Waals surface area contributed by atoms with Gasteiger partial charge in [0.1, 0.15) is 5.69 Å². The second kappa shape index (κ2) is 6.49. The number of pyridine rings is 1. The summed E-state index contributed by atoms with van der Waals surface area (Å²) in [5, 5.41) is 3.70. The molecule has 1 atom stereocenters. The number of rotatable bonds is 5. The summed E-state index contributed by atoms with van der Waals surface area (Å²) in [5.41, 5.74) is 1.48. The molecule has 0 aliphatic heterocycles. The zero-order valence-corrected chi connectivity index (χ0v) is 12.2. The van der Waals surface area contributed by atoms with Gasteiger partial charge in [-0.1, -0.05) is 11.6 Å². The van der Waals surface area contributed by atoms with Gasteiger partial charge in [0, 0.05) is 12.4 Å². The summed E-state index contributed by atoms with van der Waals surface area (Å²) in [6.07, 6.45) is 4.80. The molecule has 6 nitrogen and oxygen atoms in total. The molecule has 2 aromatic heterocycles. The predicted octanol–water partition coefficient (Wildman–Crippen LogP) is 1.85. The number of aromatic nitrogens is 3. The van der Waals surface area contributed by atoms with E-state index < -0.39 is 0 Å². The van der Waals surface area contributed by atoms with E-state index in [1.807, 2.05) is 13.1 Å². The molecular weight excluding hydrogens is 280 g/mol. The van der Waals surface area contributed by atoms with Crippen molar-refractivity contribution in [3.8, 4) is 11.8 Å². The molecule has 2 aromatic rings. The first-order valence-electron chi connectivity index (χ1n) is 5.92. The smallest absolute Gasteiger partial charge is 0.240 e. The van der Waals surface area contributed by atoms with Crippen LogP contribution in [-0.2, 0) is 0 Å². The molecule has 2 rings (SSSR count). The van der Waals surface area contributed by atoms with E-state index in [-0.39, 0.29) is 6.04 Å². The Morgan fingerprint density at radius 3 is 2.65 bits per heavy atom. The summed E-state index contributed by atoms with van der Waals surface area (Å²) in [5.74, 6) is 0.776. The van der Waals surface area contributed by atoms with Gasteiger partial charge in [-0.2, -0.15) is 4.98 Å². The third kappa shape index (κ3) is 2.81. The Morgan fingerprint density at radius 1 is 1.25 bits per heavy atom. The molecule has 0 radical (unpaired) electrons. The van der Waals surface area contributed by atoms with Crippen molar-refractivity contribution in [3.63, 3.8) is 0 Å². The minimum Gasteiger partial charge on any atom is -0.480 e. The van der Waals surface area contributed by atoms with Crippen molar-refractivity contribution < 1.29 is 9.47 Å². The minimum atomic E-state index is -0.251. The monoisotopic (exact) mass is 294 g/mol. The van der Waals surface area contributed by atoms with Crippen molar-refractivity contribution in [3.05, 3.63) is 40.9 Å². The molecule has 0 spiro atoms. The first kappa shape index (κ1) is 14.5. The molecule has 0 aromatic carbocycles. The lowest BCUT2D eigenvalue weighted by Crippen LogP contribution is -2.20. The molecule has 0 aliphatic carbocycles. The molecule has 0 aliphatic rings. The number of halogens is 1. The van der Waals surface area contributed by atoms with Gasteiger partial charge in [0.15, 0.2) is 0 Å². The van der Waals surface area contributed by atoms with Crippen LogP contribution in [0.15, 0.2) is 24.7 Å². The van der Waals surface area contributed by atoms with Crippen LogP contribution in [-0.4, -0.2) is 36.2 Å². The van der Waals surface area contributed by atoms with Crippen LogP contribution in [0.2, 0.25) is 5.02 Å². The number of hydrogen-bond acceptors (Lipinski definition) is 6. The number of hydrogen-bond donors (Lipinski definition) is 1. The highest BCUT2D eigenvalue weighted by Gasteiger charge is 2.22. The van der Waals surface area contributed by atoms with Crippen LogP contribution in [0, 0.1) is 0 Å². The summed E-state index contributed by atoms with van der Waals surface area (Å²) in [6, 6.07) is 1.58. The molecule has 0 saturated carbocycles. The Labute approximate surface area is 122 Å². The fraction of sp³-hybridized carbons (Fsp3) is 0.308. The molecule has 2 heterocycles. The van der Waals surface area contributed by atoms with E-state index in [0.29, 0.717) is 22.5 Å². The van der Waals surface area contributed by atoms with Crippen LogP contribution in [0.4, 0.5) is 0 Å². The fourth-order valence-electron chi connectivity index (χ4n) is 1.87. The van der Waals surface area contributed by atoms with Gasteiger partial charge < -0.3 is 14.8 Å². The summed E-state index contributed by atoms with van der Waals surface area (Å²) in [6.45, 7) is 0. The number of methoxy groups -OCH3 is 2. The SMILES string of the molecule is CNC(c1ccncc1Cl)c1ncc(OC)nc1OC. The summed E-state index contributed by atoms with van der Waals surface area (Å²) >= 11 is 6.19. The quantitative estimate of drug-likeness (QED) is 0.907. The molecule has 7 heteroatoms. The number of ether oxygens (including phenoxy) is 2. The highest BCUT2D eigenvalue weighted by Crippen LogP contribution is 2.31. The van der Waals surface area contributed by atoms with Crippen LogP contribution in [0.3, 0.4) is 0 Å². The highest BCUT2D eigenvalue weighted by atomic mass is 35.5. The lowest BCUT2D eigenvalue weighted by Gasteiger charge is -2.19. The maximum absolute atomic E-state index is 6.19. The van der Waals surface area contributed by atoms with Crippen LogP contribution >= 0.6 is 11.6 Å². The largest absolute Gasteiger partial charge is 0.480 e. The normalized spacial score (nSPS) is 12.0. The van der Waals surface area contributed by atoms with Crippen molar-refractivity contribution >= 4 is 11.6 Å². The zero-order chi connectivity index (χ0) is 14.5. The molecule has 0 fully saturated rings. The van der Waals surface area contributed by atoms with Crippen molar-refractivity contribution in [2.45, 2.75) is 6.04 Å². The maximum atomic E-state index is 6.19. The third-order valence-corrected chi connectivity index (χ3v) is 3.14. The Bertz CT molecular complexity index is 594. The average molecular weight is 295 g/mol. The van der Waals surface area contributed by atoms with Crippen molar-refractivity contribution in [2.75, 3.05) is 21.3 Å². The van der Waals surface area contributed by atoms with Crippen LogP contribution in [0.5, 0.6) is 11.8 Å². The fourth-order valence-corrected chi connectivity index (χ4v) is 2.10. The van der Waals surface area contributed by atoms with E-state index in [0.717, 1.165) is 5.56 Å². The van der Waals surface area contributed by atoms with Gasteiger partial charge >= 0.3 is 0 Å². The average Bonchev–Trinajstić information content (AvgIpc) is 2.50. The van der Waals surface area contributed by atoms with E-state index in [9.17, 15) is 0 Å².